The first-order valence-corrected chi connectivity index (χ1v) is 7.86. The zero-order valence-corrected chi connectivity index (χ0v) is 13.5. The van der Waals surface area contributed by atoms with Gasteiger partial charge in [-0.2, -0.15) is 13.2 Å². The summed E-state index contributed by atoms with van der Waals surface area (Å²) in [6, 6.07) is 8.45. The Bertz CT molecular complexity index is 764. The fourth-order valence-corrected chi connectivity index (χ4v) is 2.72. The van der Waals surface area contributed by atoms with Gasteiger partial charge in [0.2, 0.25) is 5.88 Å². The fourth-order valence-electron chi connectivity index (χ4n) is 2.72. The lowest BCUT2D eigenvalue weighted by Gasteiger charge is -2.34. The SMILES string of the molecule is O=C(O)N1CCNCC1c1ccc(Oc2ccc(C(F)(F)F)cn2)cc1. The maximum atomic E-state index is 12.5. The highest BCUT2D eigenvalue weighted by molar-refractivity contribution is 5.66. The molecule has 0 spiro atoms. The largest absolute Gasteiger partial charge is 0.465 e. The summed E-state index contributed by atoms with van der Waals surface area (Å²) >= 11 is 0. The molecule has 0 saturated carbocycles. The lowest BCUT2D eigenvalue weighted by atomic mass is 10.0. The van der Waals surface area contributed by atoms with E-state index in [0.29, 0.717) is 31.6 Å². The topological polar surface area (TPSA) is 74.7 Å². The van der Waals surface area contributed by atoms with Crippen molar-refractivity contribution in [2.75, 3.05) is 19.6 Å². The number of benzene rings is 1. The van der Waals surface area contributed by atoms with Crippen molar-refractivity contribution in [2.45, 2.75) is 12.2 Å². The quantitative estimate of drug-likeness (QED) is 0.868. The van der Waals surface area contributed by atoms with Crippen LogP contribution in [-0.2, 0) is 6.18 Å². The zero-order valence-electron chi connectivity index (χ0n) is 13.5. The Kier molecular flexibility index (Phi) is 4.99. The first-order valence-electron chi connectivity index (χ1n) is 7.86. The van der Waals surface area contributed by atoms with Gasteiger partial charge < -0.3 is 15.2 Å². The number of amides is 1. The molecule has 1 atom stereocenters. The molecule has 1 aromatic carbocycles. The van der Waals surface area contributed by atoms with Gasteiger partial charge in [0.15, 0.2) is 0 Å². The van der Waals surface area contributed by atoms with Gasteiger partial charge in [0.1, 0.15) is 5.75 Å². The number of ether oxygens (including phenoxy) is 1. The van der Waals surface area contributed by atoms with Gasteiger partial charge in [-0.1, -0.05) is 12.1 Å². The van der Waals surface area contributed by atoms with Gasteiger partial charge >= 0.3 is 12.3 Å². The molecule has 1 amide bonds. The molecule has 1 aliphatic rings. The summed E-state index contributed by atoms with van der Waals surface area (Å²) in [5.41, 5.74) is -0.0499. The summed E-state index contributed by atoms with van der Waals surface area (Å²) in [7, 11) is 0. The van der Waals surface area contributed by atoms with Crippen molar-refractivity contribution in [3.05, 3.63) is 53.7 Å². The van der Waals surface area contributed by atoms with Crippen molar-refractivity contribution in [3.8, 4) is 11.6 Å². The molecular weight excluding hydrogens is 351 g/mol. The normalized spacial score (nSPS) is 17.8. The first kappa shape index (κ1) is 18.0. The standard InChI is InChI=1S/C17H16F3N3O3/c18-17(19,20)12-3-6-15(22-9-12)26-13-4-1-11(2-5-13)14-10-21-7-8-23(14)16(24)25/h1-6,9,14,21H,7-8,10H2,(H,24,25). The molecule has 6 nitrogen and oxygen atoms in total. The molecule has 0 aliphatic carbocycles. The van der Waals surface area contributed by atoms with Gasteiger partial charge in [-0.05, 0) is 23.8 Å². The summed E-state index contributed by atoms with van der Waals surface area (Å²) in [5.74, 6) is 0.434. The molecule has 0 bridgehead atoms. The number of nitrogens with zero attached hydrogens (tertiary/aromatic N) is 2. The van der Waals surface area contributed by atoms with Crippen LogP contribution in [0.3, 0.4) is 0 Å². The van der Waals surface area contributed by atoms with Crippen LogP contribution in [-0.4, -0.2) is 40.7 Å². The second kappa shape index (κ2) is 7.20. The number of rotatable bonds is 3. The minimum atomic E-state index is -4.45. The Labute approximate surface area is 147 Å². The highest BCUT2D eigenvalue weighted by Crippen LogP contribution is 2.30. The predicted molar refractivity (Wildman–Crippen MR) is 86.1 cm³/mol. The number of pyridine rings is 1. The Balaban J connectivity index is 1.70. The fraction of sp³-hybridized carbons (Fsp3) is 0.294. The Morgan fingerprint density at radius 1 is 1.23 bits per heavy atom. The van der Waals surface area contributed by atoms with Crippen LogP contribution in [0.1, 0.15) is 17.2 Å². The molecule has 9 heteroatoms. The molecule has 1 fully saturated rings. The number of carbonyl (C=O) groups is 1. The summed E-state index contributed by atoms with van der Waals surface area (Å²) in [6.07, 6.45) is -4.72. The van der Waals surface area contributed by atoms with E-state index in [0.717, 1.165) is 17.7 Å². The van der Waals surface area contributed by atoms with E-state index in [1.165, 1.54) is 4.90 Å². The molecule has 1 aliphatic heterocycles. The lowest BCUT2D eigenvalue weighted by molar-refractivity contribution is -0.137. The van der Waals surface area contributed by atoms with Crippen molar-refractivity contribution in [2.24, 2.45) is 0 Å². The van der Waals surface area contributed by atoms with Crippen molar-refractivity contribution >= 4 is 6.09 Å². The molecule has 1 saturated heterocycles. The van der Waals surface area contributed by atoms with Gasteiger partial charge in [0, 0.05) is 31.9 Å². The Morgan fingerprint density at radius 3 is 2.54 bits per heavy atom. The van der Waals surface area contributed by atoms with E-state index < -0.39 is 17.8 Å². The number of carboxylic acid groups (broad SMARTS) is 1. The van der Waals surface area contributed by atoms with Gasteiger partial charge in [-0.3, -0.25) is 4.90 Å². The summed E-state index contributed by atoms with van der Waals surface area (Å²) < 4.78 is 43.0. The van der Waals surface area contributed by atoms with Crippen LogP contribution in [0.2, 0.25) is 0 Å². The summed E-state index contributed by atoms with van der Waals surface area (Å²) in [6.45, 7) is 1.50. The van der Waals surface area contributed by atoms with E-state index in [-0.39, 0.29) is 11.9 Å². The van der Waals surface area contributed by atoms with Crippen molar-refractivity contribution < 1.29 is 27.8 Å². The monoisotopic (exact) mass is 367 g/mol. The van der Waals surface area contributed by atoms with Crippen LogP contribution in [0.5, 0.6) is 11.6 Å². The maximum Gasteiger partial charge on any atom is 0.417 e. The molecule has 2 heterocycles. The number of alkyl halides is 3. The van der Waals surface area contributed by atoms with Gasteiger partial charge in [-0.25, -0.2) is 9.78 Å². The molecule has 2 aromatic rings. The molecule has 1 aromatic heterocycles. The van der Waals surface area contributed by atoms with Crippen molar-refractivity contribution in [1.82, 2.24) is 15.2 Å². The van der Waals surface area contributed by atoms with E-state index in [2.05, 4.69) is 10.3 Å². The molecule has 3 rings (SSSR count). The molecular formula is C17H16F3N3O3. The van der Waals surface area contributed by atoms with E-state index in [1.54, 1.807) is 24.3 Å². The van der Waals surface area contributed by atoms with E-state index in [4.69, 9.17) is 4.74 Å². The smallest absolute Gasteiger partial charge is 0.417 e. The minimum Gasteiger partial charge on any atom is -0.465 e. The highest BCUT2D eigenvalue weighted by atomic mass is 19.4. The zero-order chi connectivity index (χ0) is 18.7. The number of halogens is 3. The molecule has 0 radical (unpaired) electrons. The third-order valence-electron chi connectivity index (χ3n) is 4.04. The van der Waals surface area contributed by atoms with Crippen LogP contribution in [0.4, 0.5) is 18.0 Å². The summed E-state index contributed by atoms with van der Waals surface area (Å²) in [4.78, 5) is 16.3. The molecule has 2 N–H and O–H groups in total. The van der Waals surface area contributed by atoms with Crippen LogP contribution < -0.4 is 10.1 Å². The van der Waals surface area contributed by atoms with Crippen molar-refractivity contribution in [3.63, 3.8) is 0 Å². The minimum absolute atomic E-state index is 0.0391. The highest BCUT2D eigenvalue weighted by Gasteiger charge is 2.31. The van der Waals surface area contributed by atoms with Crippen molar-refractivity contribution in [1.29, 1.82) is 0 Å². The maximum absolute atomic E-state index is 12.5. The van der Waals surface area contributed by atoms with Gasteiger partial charge in [0.05, 0.1) is 11.6 Å². The van der Waals surface area contributed by atoms with E-state index in [9.17, 15) is 23.1 Å². The summed E-state index contributed by atoms with van der Waals surface area (Å²) in [5, 5.41) is 12.4. The molecule has 138 valence electrons. The van der Waals surface area contributed by atoms with Crippen LogP contribution >= 0.6 is 0 Å². The number of hydrogen-bond donors (Lipinski definition) is 2. The number of nitrogens with one attached hydrogen (secondary N) is 1. The van der Waals surface area contributed by atoms with Gasteiger partial charge in [-0.15, -0.1) is 0 Å². The lowest BCUT2D eigenvalue weighted by Crippen LogP contribution is -2.48. The third-order valence-corrected chi connectivity index (χ3v) is 4.04. The van der Waals surface area contributed by atoms with E-state index in [1.807, 2.05) is 0 Å². The first-order chi connectivity index (χ1) is 12.3. The number of aromatic nitrogens is 1. The second-order valence-corrected chi connectivity index (χ2v) is 5.75. The second-order valence-electron chi connectivity index (χ2n) is 5.75. The van der Waals surface area contributed by atoms with Crippen LogP contribution in [0.15, 0.2) is 42.6 Å². The van der Waals surface area contributed by atoms with Crippen LogP contribution in [0, 0.1) is 0 Å². The predicted octanol–water partition coefficient (Wildman–Crippen LogP) is 3.52. The third kappa shape index (κ3) is 4.05. The molecule has 26 heavy (non-hydrogen) atoms. The Morgan fingerprint density at radius 2 is 1.96 bits per heavy atom. The van der Waals surface area contributed by atoms with Gasteiger partial charge in [0.25, 0.3) is 0 Å². The number of piperazine rings is 1. The van der Waals surface area contributed by atoms with E-state index >= 15 is 0 Å². The van der Waals surface area contributed by atoms with Crippen LogP contribution in [0.25, 0.3) is 0 Å². The molecule has 1 unspecified atom stereocenters. The number of hydrogen-bond acceptors (Lipinski definition) is 4. The average Bonchev–Trinajstić information content (AvgIpc) is 2.62. The average molecular weight is 367 g/mol. The Hall–Kier alpha value is -2.81.